The zero-order chi connectivity index (χ0) is 16.7. The molecule has 8 heteroatoms. The molecule has 23 heavy (non-hydrogen) atoms. The van der Waals surface area contributed by atoms with Gasteiger partial charge in [0.1, 0.15) is 11.9 Å². The number of urea groups is 1. The average Bonchev–Trinajstić information content (AvgIpc) is 2.80. The molecule has 0 bridgehead atoms. The van der Waals surface area contributed by atoms with Crippen LogP contribution in [0.4, 0.5) is 14.9 Å². The highest BCUT2D eigenvalue weighted by molar-refractivity contribution is 6.31. The van der Waals surface area contributed by atoms with E-state index >= 15 is 0 Å². The number of imide groups is 1. The molecular formula is C15H14ClFN2O4. The Balaban J connectivity index is 1.88. The maximum Gasteiger partial charge on any atom is 0.332 e. The average molecular weight is 341 g/mol. The highest BCUT2D eigenvalue weighted by Gasteiger charge is 2.49. The molecule has 1 aromatic carbocycles. The SMILES string of the molecule is COC(=O)C1CCN2C(=O)N(c3ccc(F)c(Cl)c3)C(=O)C2C1. The van der Waals surface area contributed by atoms with Crippen molar-refractivity contribution >= 4 is 35.2 Å². The molecular weight excluding hydrogens is 327 g/mol. The number of rotatable bonds is 2. The van der Waals surface area contributed by atoms with Gasteiger partial charge in [-0.1, -0.05) is 11.6 Å². The summed E-state index contributed by atoms with van der Waals surface area (Å²) in [6, 6.07) is 2.48. The molecule has 2 heterocycles. The number of carbonyl (C=O) groups excluding carboxylic acids is 3. The number of carbonyl (C=O) groups is 3. The first-order chi connectivity index (χ1) is 10.9. The van der Waals surface area contributed by atoms with Crippen molar-refractivity contribution in [1.29, 1.82) is 0 Å². The van der Waals surface area contributed by atoms with Gasteiger partial charge in [0, 0.05) is 6.54 Å². The fourth-order valence-electron chi connectivity index (χ4n) is 3.04. The summed E-state index contributed by atoms with van der Waals surface area (Å²) in [5.41, 5.74) is 0.218. The number of fused-ring (bicyclic) bond motifs is 1. The van der Waals surface area contributed by atoms with Crippen LogP contribution in [-0.4, -0.2) is 42.5 Å². The molecule has 0 saturated carbocycles. The van der Waals surface area contributed by atoms with Crippen molar-refractivity contribution in [1.82, 2.24) is 4.90 Å². The lowest BCUT2D eigenvalue weighted by Crippen LogP contribution is -2.44. The third-order valence-corrected chi connectivity index (χ3v) is 4.53. The first-order valence-corrected chi connectivity index (χ1v) is 7.49. The van der Waals surface area contributed by atoms with Gasteiger partial charge in [-0.25, -0.2) is 14.1 Å². The van der Waals surface area contributed by atoms with Crippen molar-refractivity contribution in [3.8, 4) is 0 Å². The molecule has 2 aliphatic rings. The molecule has 2 atom stereocenters. The molecule has 2 aliphatic heterocycles. The van der Waals surface area contributed by atoms with E-state index in [2.05, 4.69) is 0 Å². The second-order valence-corrected chi connectivity index (χ2v) is 5.92. The molecule has 0 spiro atoms. The van der Waals surface area contributed by atoms with E-state index in [9.17, 15) is 18.8 Å². The number of hydrogen-bond donors (Lipinski definition) is 0. The fourth-order valence-corrected chi connectivity index (χ4v) is 3.22. The second kappa shape index (κ2) is 5.81. The standard InChI is InChI=1S/C15H14ClFN2O4/c1-23-14(21)8-4-5-18-12(6-8)13(20)19(15(18)22)9-2-3-11(17)10(16)7-9/h2-3,7-8,12H,4-6H2,1H3. The van der Waals surface area contributed by atoms with E-state index in [-0.39, 0.29) is 23.1 Å². The molecule has 2 saturated heterocycles. The lowest BCUT2D eigenvalue weighted by Gasteiger charge is -2.30. The number of nitrogens with zero attached hydrogens (tertiary/aromatic N) is 2. The first-order valence-electron chi connectivity index (χ1n) is 7.11. The van der Waals surface area contributed by atoms with Crippen LogP contribution in [0.2, 0.25) is 5.02 Å². The maximum absolute atomic E-state index is 13.3. The molecule has 0 aromatic heterocycles. The molecule has 6 nitrogen and oxygen atoms in total. The second-order valence-electron chi connectivity index (χ2n) is 5.51. The van der Waals surface area contributed by atoms with Gasteiger partial charge < -0.3 is 9.64 Å². The Morgan fingerprint density at radius 2 is 2.13 bits per heavy atom. The minimum atomic E-state index is -0.704. The minimum Gasteiger partial charge on any atom is -0.469 e. The maximum atomic E-state index is 13.3. The van der Waals surface area contributed by atoms with Gasteiger partial charge in [0.2, 0.25) is 0 Å². The summed E-state index contributed by atoms with van der Waals surface area (Å²) in [4.78, 5) is 39.1. The van der Waals surface area contributed by atoms with Gasteiger partial charge in [0.15, 0.2) is 0 Å². The summed E-state index contributed by atoms with van der Waals surface area (Å²) in [6.45, 7) is 0.292. The third-order valence-electron chi connectivity index (χ3n) is 4.24. The lowest BCUT2D eigenvalue weighted by molar-refractivity contribution is -0.147. The first kappa shape index (κ1) is 15.7. The molecule has 0 radical (unpaired) electrons. The summed E-state index contributed by atoms with van der Waals surface area (Å²) in [5, 5.41) is -0.166. The number of esters is 1. The summed E-state index contributed by atoms with van der Waals surface area (Å²) in [7, 11) is 1.29. The van der Waals surface area contributed by atoms with Gasteiger partial charge in [-0.15, -0.1) is 0 Å². The predicted molar refractivity (Wildman–Crippen MR) is 79.5 cm³/mol. The van der Waals surface area contributed by atoms with Crippen molar-refractivity contribution in [2.24, 2.45) is 5.92 Å². The number of amides is 3. The number of halogens is 2. The Bertz CT molecular complexity index is 696. The van der Waals surface area contributed by atoms with Crippen molar-refractivity contribution in [3.63, 3.8) is 0 Å². The molecule has 3 rings (SSSR count). The minimum absolute atomic E-state index is 0.166. The van der Waals surface area contributed by atoms with Gasteiger partial charge in [-0.2, -0.15) is 0 Å². The Kier molecular flexibility index (Phi) is 3.97. The van der Waals surface area contributed by atoms with Gasteiger partial charge in [0.25, 0.3) is 5.91 Å². The zero-order valence-electron chi connectivity index (χ0n) is 12.3. The lowest BCUT2D eigenvalue weighted by atomic mass is 9.91. The smallest absolute Gasteiger partial charge is 0.332 e. The van der Waals surface area contributed by atoms with Crippen LogP contribution in [0.25, 0.3) is 0 Å². The Morgan fingerprint density at radius 3 is 2.78 bits per heavy atom. The van der Waals surface area contributed by atoms with Gasteiger partial charge >= 0.3 is 12.0 Å². The van der Waals surface area contributed by atoms with E-state index < -0.39 is 29.7 Å². The highest BCUT2D eigenvalue weighted by atomic mass is 35.5. The summed E-state index contributed by atoms with van der Waals surface area (Å²) >= 11 is 5.73. The molecule has 2 fully saturated rings. The molecule has 0 aliphatic carbocycles. The van der Waals surface area contributed by atoms with Crippen molar-refractivity contribution in [2.75, 3.05) is 18.6 Å². The highest BCUT2D eigenvalue weighted by Crippen LogP contribution is 2.34. The predicted octanol–water partition coefficient (Wildman–Crippen LogP) is 2.20. The van der Waals surface area contributed by atoms with Crippen LogP contribution in [0.3, 0.4) is 0 Å². The number of methoxy groups -OCH3 is 1. The number of anilines is 1. The molecule has 0 N–H and O–H groups in total. The summed E-state index contributed by atoms with van der Waals surface area (Å²) in [6.07, 6.45) is 0.670. The Labute approximate surface area is 136 Å². The van der Waals surface area contributed by atoms with E-state index in [1.165, 1.54) is 24.1 Å². The van der Waals surface area contributed by atoms with Crippen LogP contribution in [0, 0.1) is 11.7 Å². The Hall–Kier alpha value is -2.15. The van der Waals surface area contributed by atoms with Crippen LogP contribution in [-0.2, 0) is 14.3 Å². The quantitative estimate of drug-likeness (QED) is 0.611. The van der Waals surface area contributed by atoms with Gasteiger partial charge in [-0.3, -0.25) is 9.59 Å². The molecule has 122 valence electrons. The number of piperidine rings is 1. The normalized spacial score (nSPS) is 24.0. The van der Waals surface area contributed by atoms with Crippen molar-refractivity contribution in [2.45, 2.75) is 18.9 Å². The van der Waals surface area contributed by atoms with E-state index in [4.69, 9.17) is 16.3 Å². The Morgan fingerprint density at radius 1 is 1.39 bits per heavy atom. The van der Waals surface area contributed by atoms with Gasteiger partial charge in [-0.05, 0) is 31.0 Å². The van der Waals surface area contributed by atoms with Gasteiger partial charge in [0.05, 0.1) is 23.7 Å². The van der Waals surface area contributed by atoms with Crippen LogP contribution in [0.1, 0.15) is 12.8 Å². The van der Waals surface area contributed by atoms with Crippen molar-refractivity contribution in [3.05, 3.63) is 29.0 Å². The van der Waals surface area contributed by atoms with Crippen LogP contribution in [0.15, 0.2) is 18.2 Å². The molecule has 1 aromatic rings. The van der Waals surface area contributed by atoms with E-state index in [1.54, 1.807) is 0 Å². The number of ether oxygens (including phenoxy) is 1. The van der Waals surface area contributed by atoms with Crippen molar-refractivity contribution < 1.29 is 23.5 Å². The van der Waals surface area contributed by atoms with E-state index in [1.807, 2.05) is 0 Å². The topological polar surface area (TPSA) is 66.9 Å². The molecule has 3 amide bonds. The monoisotopic (exact) mass is 340 g/mol. The summed E-state index contributed by atoms with van der Waals surface area (Å²) < 4.78 is 18.0. The third kappa shape index (κ3) is 2.55. The number of benzene rings is 1. The van der Waals surface area contributed by atoms with E-state index in [0.717, 1.165) is 11.0 Å². The largest absolute Gasteiger partial charge is 0.469 e. The number of hydrogen-bond acceptors (Lipinski definition) is 4. The fraction of sp³-hybridized carbons (Fsp3) is 0.400. The van der Waals surface area contributed by atoms with Crippen LogP contribution in [0.5, 0.6) is 0 Å². The van der Waals surface area contributed by atoms with E-state index in [0.29, 0.717) is 13.0 Å². The summed E-state index contributed by atoms with van der Waals surface area (Å²) in [5.74, 6) is -1.85. The zero-order valence-corrected chi connectivity index (χ0v) is 13.0. The molecule has 2 unspecified atom stereocenters. The van der Waals surface area contributed by atoms with Crippen LogP contribution < -0.4 is 4.90 Å². The van der Waals surface area contributed by atoms with Crippen LogP contribution >= 0.6 is 11.6 Å².